The highest BCUT2D eigenvalue weighted by atomic mass is 16.5. The average Bonchev–Trinajstić information content (AvgIpc) is 2.63. The van der Waals surface area contributed by atoms with Crippen molar-refractivity contribution in [2.75, 3.05) is 25.1 Å². The van der Waals surface area contributed by atoms with Gasteiger partial charge in [0.1, 0.15) is 5.82 Å². The lowest BCUT2D eigenvalue weighted by atomic mass is 9.74. The molecule has 1 aliphatic rings. The number of aromatic nitrogens is 2. The first-order valence-electron chi connectivity index (χ1n) is 7.83. The number of benzene rings is 1. The van der Waals surface area contributed by atoms with E-state index in [4.69, 9.17) is 0 Å². The van der Waals surface area contributed by atoms with Gasteiger partial charge in [0.2, 0.25) is 0 Å². The Kier molecular flexibility index (Phi) is 4.28. The molecule has 0 spiro atoms. The predicted octanol–water partition coefficient (Wildman–Crippen LogP) is 2.82. The summed E-state index contributed by atoms with van der Waals surface area (Å²) < 4.78 is 4.64. The molecule has 3 rings (SSSR count). The number of piperidine rings is 1. The number of carbonyl (C=O) groups excluding carboxylic acids is 1. The van der Waals surface area contributed by atoms with Gasteiger partial charge in [0.05, 0.1) is 19.5 Å². The molecule has 0 aliphatic carbocycles. The number of rotatable bonds is 3. The first kappa shape index (κ1) is 15.5. The van der Waals surface area contributed by atoms with Crippen LogP contribution in [-0.4, -0.2) is 36.1 Å². The van der Waals surface area contributed by atoms with E-state index in [9.17, 15) is 4.79 Å². The van der Waals surface area contributed by atoms with Gasteiger partial charge in [-0.2, -0.15) is 0 Å². The Morgan fingerprint density at radius 1 is 1.13 bits per heavy atom. The van der Waals surface area contributed by atoms with Crippen molar-refractivity contribution in [3.8, 4) is 0 Å². The molecule has 1 aliphatic heterocycles. The van der Waals surface area contributed by atoms with Crippen LogP contribution in [0.2, 0.25) is 0 Å². The third-order valence-electron chi connectivity index (χ3n) is 4.69. The minimum absolute atomic E-state index is 0.206. The Morgan fingerprint density at radius 3 is 2.39 bits per heavy atom. The van der Waals surface area contributed by atoms with E-state index in [-0.39, 0.29) is 11.1 Å². The van der Waals surface area contributed by atoms with Crippen LogP contribution in [0.3, 0.4) is 0 Å². The molecule has 1 fully saturated rings. The molecular weight excluding hydrogens is 290 g/mol. The third-order valence-corrected chi connectivity index (χ3v) is 4.69. The van der Waals surface area contributed by atoms with Crippen molar-refractivity contribution >= 4 is 11.8 Å². The topological polar surface area (TPSA) is 55.3 Å². The predicted molar refractivity (Wildman–Crippen MR) is 88.6 cm³/mol. The fraction of sp³-hybridized carbons (Fsp3) is 0.389. The molecule has 23 heavy (non-hydrogen) atoms. The summed E-state index contributed by atoms with van der Waals surface area (Å²) in [7, 11) is 1.34. The van der Waals surface area contributed by atoms with E-state index in [1.54, 1.807) is 6.20 Å². The van der Waals surface area contributed by atoms with Gasteiger partial charge in [0.25, 0.3) is 0 Å². The van der Waals surface area contributed by atoms with Gasteiger partial charge < -0.3 is 9.64 Å². The fourth-order valence-electron chi connectivity index (χ4n) is 3.05. The zero-order chi connectivity index (χ0) is 16.3. The molecule has 1 aromatic heterocycles. The summed E-state index contributed by atoms with van der Waals surface area (Å²) in [5.41, 5.74) is 1.84. The van der Waals surface area contributed by atoms with Crippen LogP contribution in [0.1, 0.15) is 35.8 Å². The number of carbonyl (C=O) groups is 1. The van der Waals surface area contributed by atoms with Gasteiger partial charge in [-0.15, -0.1) is 0 Å². The normalized spacial score (nSPS) is 16.9. The van der Waals surface area contributed by atoms with Crippen molar-refractivity contribution in [3.63, 3.8) is 0 Å². The van der Waals surface area contributed by atoms with Crippen LogP contribution >= 0.6 is 0 Å². The molecule has 1 saturated heterocycles. The second kappa shape index (κ2) is 6.36. The first-order valence-corrected chi connectivity index (χ1v) is 7.83. The van der Waals surface area contributed by atoms with Crippen molar-refractivity contribution in [2.45, 2.75) is 25.2 Å². The molecule has 1 aromatic carbocycles. The van der Waals surface area contributed by atoms with Gasteiger partial charge >= 0.3 is 5.97 Å². The molecule has 0 atom stereocenters. The molecule has 5 heteroatoms. The van der Waals surface area contributed by atoms with E-state index in [0.29, 0.717) is 0 Å². The molecule has 0 saturated carbocycles. The summed E-state index contributed by atoms with van der Waals surface area (Å²) >= 11 is 0. The quantitative estimate of drug-likeness (QED) is 0.816. The monoisotopic (exact) mass is 311 g/mol. The number of hydrogen-bond donors (Lipinski definition) is 0. The van der Waals surface area contributed by atoms with Crippen LogP contribution in [0.25, 0.3) is 0 Å². The van der Waals surface area contributed by atoms with Crippen molar-refractivity contribution in [1.29, 1.82) is 0 Å². The van der Waals surface area contributed by atoms with E-state index in [0.717, 1.165) is 31.7 Å². The lowest BCUT2D eigenvalue weighted by Gasteiger charge is -2.40. The number of ether oxygens (including phenoxy) is 1. The van der Waals surface area contributed by atoms with Crippen LogP contribution in [0.4, 0.5) is 5.82 Å². The maximum Gasteiger partial charge on any atom is 0.358 e. The Hall–Kier alpha value is -2.43. The van der Waals surface area contributed by atoms with Crippen LogP contribution in [-0.2, 0) is 10.2 Å². The van der Waals surface area contributed by atoms with Gasteiger partial charge in [-0.25, -0.2) is 14.8 Å². The zero-order valence-electron chi connectivity index (χ0n) is 13.5. The largest absolute Gasteiger partial charge is 0.464 e. The highest BCUT2D eigenvalue weighted by Crippen LogP contribution is 2.35. The molecule has 2 aromatic rings. The summed E-state index contributed by atoms with van der Waals surface area (Å²) in [5.74, 6) is 0.354. The SMILES string of the molecule is COC(=O)c1cnc(N2CCC(C)(c3ccccc3)CC2)cn1. The van der Waals surface area contributed by atoms with Gasteiger partial charge in [-0.1, -0.05) is 37.3 Å². The highest BCUT2D eigenvalue weighted by molar-refractivity contribution is 5.86. The zero-order valence-corrected chi connectivity index (χ0v) is 13.5. The number of hydrogen-bond acceptors (Lipinski definition) is 5. The molecule has 2 heterocycles. The maximum atomic E-state index is 11.4. The van der Waals surface area contributed by atoms with Crippen LogP contribution < -0.4 is 4.90 Å². The Labute approximate surface area is 136 Å². The second-order valence-electron chi connectivity index (χ2n) is 6.17. The summed E-state index contributed by atoms with van der Waals surface area (Å²) in [4.78, 5) is 22.1. The summed E-state index contributed by atoms with van der Waals surface area (Å²) in [6.45, 7) is 4.18. The van der Waals surface area contributed by atoms with Crippen molar-refractivity contribution in [3.05, 3.63) is 54.0 Å². The van der Waals surface area contributed by atoms with Gasteiger partial charge in [-0.05, 0) is 23.8 Å². The molecule has 0 N–H and O–H groups in total. The summed E-state index contributed by atoms with van der Waals surface area (Å²) in [6.07, 6.45) is 5.26. The molecular formula is C18H21N3O2. The summed E-state index contributed by atoms with van der Waals surface area (Å²) in [6, 6.07) is 10.7. The fourth-order valence-corrected chi connectivity index (χ4v) is 3.05. The van der Waals surface area contributed by atoms with E-state index >= 15 is 0 Å². The van der Waals surface area contributed by atoms with Crippen LogP contribution in [0.5, 0.6) is 0 Å². The number of nitrogens with zero attached hydrogens (tertiary/aromatic N) is 3. The Bertz CT molecular complexity index is 662. The van der Waals surface area contributed by atoms with Gasteiger partial charge in [-0.3, -0.25) is 0 Å². The third kappa shape index (κ3) is 3.18. The number of methoxy groups -OCH3 is 1. The van der Waals surface area contributed by atoms with Crippen molar-refractivity contribution < 1.29 is 9.53 Å². The minimum atomic E-state index is -0.459. The summed E-state index contributed by atoms with van der Waals surface area (Å²) in [5, 5.41) is 0. The molecule has 120 valence electrons. The van der Waals surface area contributed by atoms with Gasteiger partial charge in [0, 0.05) is 13.1 Å². The number of anilines is 1. The van der Waals surface area contributed by atoms with Crippen molar-refractivity contribution in [2.24, 2.45) is 0 Å². The van der Waals surface area contributed by atoms with Crippen LogP contribution in [0.15, 0.2) is 42.7 Å². The van der Waals surface area contributed by atoms with Gasteiger partial charge in [0.15, 0.2) is 5.69 Å². The highest BCUT2D eigenvalue weighted by Gasteiger charge is 2.32. The lowest BCUT2D eigenvalue weighted by Crippen LogP contribution is -2.41. The molecule has 0 unspecified atom stereocenters. The second-order valence-corrected chi connectivity index (χ2v) is 6.17. The Balaban J connectivity index is 1.68. The average molecular weight is 311 g/mol. The van der Waals surface area contributed by atoms with Crippen LogP contribution in [0, 0.1) is 0 Å². The van der Waals surface area contributed by atoms with E-state index in [1.807, 2.05) is 0 Å². The number of esters is 1. The standard InChI is InChI=1S/C18H21N3O2/c1-18(14-6-4-3-5-7-14)8-10-21(11-9-18)16-13-19-15(12-20-16)17(22)23-2/h3-7,12-13H,8-11H2,1-2H3. The molecule has 0 amide bonds. The minimum Gasteiger partial charge on any atom is -0.464 e. The first-order chi connectivity index (χ1) is 11.1. The lowest BCUT2D eigenvalue weighted by molar-refractivity contribution is 0.0593. The smallest absolute Gasteiger partial charge is 0.358 e. The van der Waals surface area contributed by atoms with E-state index in [1.165, 1.54) is 18.9 Å². The van der Waals surface area contributed by atoms with E-state index in [2.05, 4.69) is 56.9 Å². The van der Waals surface area contributed by atoms with Crippen molar-refractivity contribution in [1.82, 2.24) is 9.97 Å². The maximum absolute atomic E-state index is 11.4. The molecule has 5 nitrogen and oxygen atoms in total. The molecule has 0 bridgehead atoms. The Morgan fingerprint density at radius 2 is 1.83 bits per heavy atom. The van der Waals surface area contributed by atoms with E-state index < -0.39 is 5.97 Å². The molecule has 0 radical (unpaired) electrons.